The van der Waals surface area contributed by atoms with Gasteiger partial charge in [-0.15, -0.1) is 0 Å². The van der Waals surface area contributed by atoms with Crippen LogP contribution in [0.5, 0.6) is 5.75 Å². The number of hydrogen-bond acceptors (Lipinski definition) is 2. The first kappa shape index (κ1) is 17.3. The van der Waals surface area contributed by atoms with Crippen LogP contribution in [0.2, 0.25) is 0 Å². The van der Waals surface area contributed by atoms with Crippen molar-refractivity contribution in [3.8, 4) is 5.75 Å². The molecule has 0 radical (unpaired) electrons. The van der Waals surface area contributed by atoms with Gasteiger partial charge in [-0.2, -0.15) is 0 Å². The Morgan fingerprint density at radius 2 is 1.78 bits per heavy atom. The molecule has 2 aromatic carbocycles. The van der Waals surface area contributed by atoms with E-state index in [1.54, 1.807) is 7.11 Å². The van der Waals surface area contributed by atoms with Crippen LogP contribution in [-0.2, 0) is 0 Å². The zero-order valence-electron chi connectivity index (χ0n) is 14.1. The van der Waals surface area contributed by atoms with Gasteiger partial charge < -0.3 is 15.4 Å². The molecule has 1 atom stereocenters. The number of methoxy groups -OCH3 is 1. The number of hydrogen-bond donors (Lipinski definition) is 2. The average molecular weight is 328 g/mol. The molecule has 0 unspecified atom stereocenters. The minimum atomic E-state index is 0.174. The highest BCUT2D eigenvalue weighted by atomic mass is 32.1. The molecule has 23 heavy (non-hydrogen) atoms. The molecule has 122 valence electrons. The van der Waals surface area contributed by atoms with Gasteiger partial charge in [-0.3, -0.25) is 0 Å². The van der Waals surface area contributed by atoms with Crippen LogP contribution >= 0.6 is 12.2 Å². The van der Waals surface area contributed by atoms with Crippen molar-refractivity contribution in [2.45, 2.75) is 33.2 Å². The summed E-state index contributed by atoms with van der Waals surface area (Å²) in [6, 6.07) is 14.5. The second kappa shape index (κ2) is 7.97. The van der Waals surface area contributed by atoms with Gasteiger partial charge in [-0.25, -0.2) is 0 Å². The van der Waals surface area contributed by atoms with Gasteiger partial charge in [0, 0.05) is 5.69 Å². The maximum atomic E-state index is 5.46. The number of ether oxygens (including phenoxy) is 1. The van der Waals surface area contributed by atoms with Crippen molar-refractivity contribution in [2.75, 3.05) is 12.4 Å². The summed E-state index contributed by atoms with van der Waals surface area (Å²) in [5.74, 6) is 0.861. The number of benzene rings is 2. The summed E-state index contributed by atoms with van der Waals surface area (Å²) < 4.78 is 5.20. The number of anilines is 1. The maximum absolute atomic E-state index is 5.46. The Kier molecular flexibility index (Phi) is 5.99. The Balaban J connectivity index is 2.02. The molecule has 0 bridgehead atoms. The van der Waals surface area contributed by atoms with Crippen LogP contribution < -0.4 is 15.4 Å². The van der Waals surface area contributed by atoms with E-state index in [1.165, 1.54) is 16.7 Å². The topological polar surface area (TPSA) is 33.3 Å². The van der Waals surface area contributed by atoms with E-state index in [0.29, 0.717) is 5.11 Å². The minimum absolute atomic E-state index is 0.174. The first-order chi connectivity index (χ1) is 11.0. The second-order valence-electron chi connectivity index (χ2n) is 5.63. The van der Waals surface area contributed by atoms with Crippen LogP contribution in [-0.4, -0.2) is 12.2 Å². The van der Waals surface area contributed by atoms with E-state index >= 15 is 0 Å². The standard InChI is InChI=1S/C19H24N2OS/c1-5-18(15-7-10-17(22-4)11-8-15)21-19(23)20-16-9-6-13(2)14(3)12-16/h6-12,18H,5H2,1-4H3,(H2,20,21,23)/t18-/m0/s1. The highest BCUT2D eigenvalue weighted by Gasteiger charge is 2.11. The fourth-order valence-corrected chi connectivity index (χ4v) is 2.66. The molecule has 0 aromatic heterocycles. The molecule has 0 aliphatic carbocycles. The Morgan fingerprint density at radius 3 is 2.35 bits per heavy atom. The van der Waals surface area contributed by atoms with Crippen molar-refractivity contribution >= 4 is 23.0 Å². The summed E-state index contributed by atoms with van der Waals surface area (Å²) in [5.41, 5.74) is 4.73. The normalized spacial score (nSPS) is 11.7. The largest absolute Gasteiger partial charge is 0.497 e. The molecule has 0 saturated heterocycles. The molecular weight excluding hydrogens is 304 g/mol. The van der Waals surface area contributed by atoms with Gasteiger partial charge in [0.25, 0.3) is 0 Å². The predicted molar refractivity (Wildman–Crippen MR) is 101 cm³/mol. The summed E-state index contributed by atoms with van der Waals surface area (Å²) in [6.07, 6.45) is 0.946. The molecule has 2 rings (SSSR count). The van der Waals surface area contributed by atoms with Crippen LogP contribution in [0.25, 0.3) is 0 Å². The number of nitrogens with one attached hydrogen (secondary N) is 2. The smallest absolute Gasteiger partial charge is 0.171 e. The SMILES string of the molecule is CC[C@H](NC(=S)Nc1ccc(C)c(C)c1)c1ccc(OC)cc1. The van der Waals surface area contributed by atoms with Crippen molar-refractivity contribution in [2.24, 2.45) is 0 Å². The third-order valence-electron chi connectivity index (χ3n) is 4.00. The summed E-state index contributed by atoms with van der Waals surface area (Å²) in [6.45, 7) is 6.34. The maximum Gasteiger partial charge on any atom is 0.171 e. The fourth-order valence-electron chi connectivity index (χ4n) is 2.40. The van der Waals surface area contributed by atoms with Crippen LogP contribution in [0, 0.1) is 13.8 Å². The first-order valence-electron chi connectivity index (χ1n) is 7.82. The molecule has 2 N–H and O–H groups in total. The number of thiocarbonyl (C=S) groups is 1. The van der Waals surface area contributed by atoms with Crippen LogP contribution in [0.4, 0.5) is 5.69 Å². The highest BCUT2D eigenvalue weighted by molar-refractivity contribution is 7.80. The quantitative estimate of drug-likeness (QED) is 0.776. The predicted octanol–water partition coefficient (Wildman–Crippen LogP) is 4.75. The van der Waals surface area contributed by atoms with E-state index < -0.39 is 0 Å². The summed E-state index contributed by atoms with van der Waals surface area (Å²) in [7, 11) is 1.67. The lowest BCUT2D eigenvalue weighted by Crippen LogP contribution is -2.32. The molecule has 2 aromatic rings. The van der Waals surface area contributed by atoms with Gasteiger partial charge in [0.05, 0.1) is 13.2 Å². The molecular formula is C19H24N2OS. The Hall–Kier alpha value is -2.07. The molecule has 0 saturated carbocycles. The third-order valence-corrected chi connectivity index (χ3v) is 4.22. The molecule has 0 aliphatic heterocycles. The average Bonchev–Trinajstić information content (AvgIpc) is 2.56. The van der Waals surface area contributed by atoms with Crippen molar-refractivity contribution in [1.29, 1.82) is 0 Å². The van der Waals surface area contributed by atoms with Crippen molar-refractivity contribution in [1.82, 2.24) is 5.32 Å². The molecule has 4 heteroatoms. The lowest BCUT2D eigenvalue weighted by Gasteiger charge is -2.20. The highest BCUT2D eigenvalue weighted by Crippen LogP contribution is 2.20. The van der Waals surface area contributed by atoms with E-state index in [0.717, 1.165) is 17.9 Å². The van der Waals surface area contributed by atoms with E-state index in [-0.39, 0.29) is 6.04 Å². The number of aryl methyl sites for hydroxylation is 2. The molecule has 3 nitrogen and oxygen atoms in total. The van der Waals surface area contributed by atoms with E-state index in [4.69, 9.17) is 17.0 Å². The molecule has 0 aliphatic rings. The Labute approximate surface area is 144 Å². The molecule has 0 spiro atoms. The van der Waals surface area contributed by atoms with Gasteiger partial charge in [0.2, 0.25) is 0 Å². The van der Waals surface area contributed by atoms with Crippen molar-refractivity contribution in [3.63, 3.8) is 0 Å². The Morgan fingerprint density at radius 1 is 1.09 bits per heavy atom. The van der Waals surface area contributed by atoms with Crippen LogP contribution in [0.15, 0.2) is 42.5 Å². The fraction of sp³-hybridized carbons (Fsp3) is 0.316. The van der Waals surface area contributed by atoms with Gasteiger partial charge in [-0.05, 0) is 73.4 Å². The summed E-state index contributed by atoms with van der Waals surface area (Å²) in [5, 5.41) is 7.28. The second-order valence-corrected chi connectivity index (χ2v) is 6.04. The minimum Gasteiger partial charge on any atom is -0.497 e. The lowest BCUT2D eigenvalue weighted by atomic mass is 10.0. The molecule has 0 fully saturated rings. The Bertz CT molecular complexity index is 668. The van der Waals surface area contributed by atoms with E-state index in [1.807, 2.05) is 18.2 Å². The van der Waals surface area contributed by atoms with E-state index in [2.05, 4.69) is 55.7 Å². The lowest BCUT2D eigenvalue weighted by molar-refractivity contribution is 0.414. The van der Waals surface area contributed by atoms with E-state index in [9.17, 15) is 0 Å². The molecule has 0 heterocycles. The van der Waals surface area contributed by atoms with Crippen molar-refractivity contribution in [3.05, 3.63) is 59.2 Å². The van der Waals surface area contributed by atoms with Crippen LogP contribution in [0.1, 0.15) is 36.1 Å². The zero-order chi connectivity index (χ0) is 16.8. The van der Waals surface area contributed by atoms with Gasteiger partial charge in [0.15, 0.2) is 5.11 Å². The van der Waals surface area contributed by atoms with Crippen LogP contribution in [0.3, 0.4) is 0 Å². The van der Waals surface area contributed by atoms with Gasteiger partial charge >= 0.3 is 0 Å². The first-order valence-corrected chi connectivity index (χ1v) is 8.23. The molecule has 0 amide bonds. The van der Waals surface area contributed by atoms with Gasteiger partial charge in [0.1, 0.15) is 5.75 Å². The summed E-state index contributed by atoms with van der Waals surface area (Å²) in [4.78, 5) is 0. The van der Waals surface area contributed by atoms with Gasteiger partial charge in [-0.1, -0.05) is 25.1 Å². The van der Waals surface area contributed by atoms with Crippen molar-refractivity contribution < 1.29 is 4.74 Å². The summed E-state index contributed by atoms with van der Waals surface area (Å²) >= 11 is 5.46. The monoisotopic (exact) mass is 328 g/mol. The zero-order valence-corrected chi connectivity index (χ0v) is 15.0. The number of rotatable bonds is 5. The third kappa shape index (κ3) is 4.70.